The normalized spacial score (nSPS) is 26.4. The summed E-state index contributed by atoms with van der Waals surface area (Å²) < 4.78 is 5.14. The maximum atomic E-state index is 11.8. The minimum absolute atomic E-state index is 0.0954. The molecule has 1 heterocycles. The van der Waals surface area contributed by atoms with Crippen molar-refractivity contribution in [3.05, 3.63) is 0 Å². The second-order valence-corrected chi connectivity index (χ2v) is 4.70. The van der Waals surface area contributed by atoms with Crippen molar-refractivity contribution in [2.45, 2.75) is 31.7 Å². The topological polar surface area (TPSA) is 81.4 Å². The molecule has 2 aliphatic rings. The third kappa shape index (κ3) is 2.95. The Hall–Kier alpha value is -1.10. The van der Waals surface area contributed by atoms with Gasteiger partial charge in [-0.15, -0.1) is 0 Å². The maximum absolute atomic E-state index is 11.8. The first-order chi connectivity index (χ1) is 7.66. The van der Waals surface area contributed by atoms with Gasteiger partial charge in [-0.2, -0.15) is 0 Å². The highest BCUT2D eigenvalue weighted by atomic mass is 16.5. The number of carbonyl (C=O) groups is 2. The van der Waals surface area contributed by atoms with Crippen molar-refractivity contribution in [3.63, 3.8) is 0 Å². The lowest BCUT2D eigenvalue weighted by molar-refractivity contribution is -0.130. The van der Waals surface area contributed by atoms with Crippen molar-refractivity contribution in [3.8, 4) is 0 Å². The highest BCUT2D eigenvalue weighted by Crippen LogP contribution is 2.33. The predicted molar refractivity (Wildman–Crippen MR) is 57.4 cm³/mol. The van der Waals surface area contributed by atoms with Crippen LogP contribution in [0.25, 0.3) is 0 Å². The number of nitrogens with one attached hydrogen (secondary N) is 1. The second kappa shape index (κ2) is 4.82. The number of nitrogens with two attached hydrogens (primary N) is 1. The Morgan fingerprint density at radius 1 is 1.38 bits per heavy atom. The summed E-state index contributed by atoms with van der Waals surface area (Å²) in [5, 5.41) is 2.74. The van der Waals surface area contributed by atoms with Crippen molar-refractivity contribution in [1.82, 2.24) is 5.32 Å². The quantitative estimate of drug-likeness (QED) is 0.680. The highest BCUT2D eigenvalue weighted by molar-refractivity contribution is 5.87. The molecule has 0 aromatic heterocycles. The molecular weight excluding hydrogens is 208 g/mol. The van der Waals surface area contributed by atoms with Gasteiger partial charge in [0.15, 0.2) is 0 Å². The lowest BCUT2D eigenvalue weighted by Gasteiger charge is -2.17. The zero-order chi connectivity index (χ0) is 11.5. The Morgan fingerprint density at radius 3 is 2.62 bits per heavy atom. The number of rotatable bonds is 5. The molecule has 1 saturated carbocycles. The summed E-state index contributed by atoms with van der Waals surface area (Å²) in [6.07, 6.45) is 3.72. The van der Waals surface area contributed by atoms with Crippen LogP contribution in [0.2, 0.25) is 0 Å². The van der Waals surface area contributed by atoms with Crippen molar-refractivity contribution in [2.75, 3.05) is 13.2 Å². The van der Waals surface area contributed by atoms with E-state index in [0.717, 1.165) is 19.3 Å². The lowest BCUT2D eigenvalue weighted by Crippen LogP contribution is -2.47. The van der Waals surface area contributed by atoms with E-state index in [1.165, 1.54) is 0 Å². The first-order valence-corrected chi connectivity index (χ1v) is 5.84. The summed E-state index contributed by atoms with van der Waals surface area (Å²) in [4.78, 5) is 23.0. The van der Waals surface area contributed by atoms with Gasteiger partial charge < -0.3 is 15.8 Å². The van der Waals surface area contributed by atoms with Crippen LogP contribution < -0.4 is 11.1 Å². The van der Waals surface area contributed by atoms with E-state index in [-0.39, 0.29) is 11.8 Å². The van der Waals surface area contributed by atoms with Crippen LogP contribution in [0.3, 0.4) is 0 Å². The first kappa shape index (κ1) is 11.4. The first-order valence-electron chi connectivity index (χ1n) is 5.84. The van der Waals surface area contributed by atoms with Crippen LogP contribution in [0.1, 0.15) is 25.7 Å². The summed E-state index contributed by atoms with van der Waals surface area (Å²) in [7, 11) is 0. The molecule has 0 bridgehead atoms. The molecule has 1 saturated heterocycles. The summed E-state index contributed by atoms with van der Waals surface area (Å²) in [5.74, 6) is -0.0696. The zero-order valence-electron chi connectivity index (χ0n) is 9.28. The lowest BCUT2D eigenvalue weighted by atomic mass is 10.1. The van der Waals surface area contributed by atoms with Gasteiger partial charge in [0.1, 0.15) is 6.04 Å². The fourth-order valence-electron chi connectivity index (χ4n) is 1.96. The van der Waals surface area contributed by atoms with E-state index in [1.807, 2.05) is 0 Å². The fraction of sp³-hybridized carbons (Fsp3) is 0.818. The van der Waals surface area contributed by atoms with Crippen LogP contribution in [-0.2, 0) is 14.3 Å². The molecule has 0 aromatic carbocycles. The minimum Gasteiger partial charge on any atom is -0.381 e. The predicted octanol–water partition coefficient (Wildman–Crippen LogP) is -0.207. The van der Waals surface area contributed by atoms with E-state index >= 15 is 0 Å². The molecule has 0 radical (unpaired) electrons. The van der Waals surface area contributed by atoms with E-state index in [2.05, 4.69) is 5.32 Å². The van der Waals surface area contributed by atoms with Crippen LogP contribution in [0.5, 0.6) is 0 Å². The van der Waals surface area contributed by atoms with Gasteiger partial charge in [-0.1, -0.05) is 12.8 Å². The van der Waals surface area contributed by atoms with E-state index in [1.54, 1.807) is 0 Å². The molecule has 2 fully saturated rings. The van der Waals surface area contributed by atoms with Gasteiger partial charge >= 0.3 is 0 Å². The Morgan fingerprint density at radius 2 is 2.12 bits per heavy atom. The fourth-order valence-corrected chi connectivity index (χ4v) is 1.96. The molecule has 5 nitrogen and oxygen atoms in total. The number of primary amides is 1. The van der Waals surface area contributed by atoms with Gasteiger partial charge in [0.2, 0.25) is 11.8 Å². The van der Waals surface area contributed by atoms with Gasteiger partial charge in [0, 0.05) is 6.61 Å². The van der Waals surface area contributed by atoms with Gasteiger partial charge in [-0.05, 0) is 18.8 Å². The third-order valence-corrected chi connectivity index (χ3v) is 3.23. The van der Waals surface area contributed by atoms with Crippen molar-refractivity contribution >= 4 is 11.8 Å². The molecule has 2 rings (SSSR count). The van der Waals surface area contributed by atoms with Crippen LogP contribution in [0.15, 0.2) is 0 Å². The summed E-state index contributed by atoms with van der Waals surface area (Å²) in [6, 6.07) is -0.499. The number of hydrogen-bond donors (Lipinski definition) is 2. The third-order valence-electron chi connectivity index (χ3n) is 3.23. The minimum atomic E-state index is -0.499. The van der Waals surface area contributed by atoms with Crippen molar-refractivity contribution < 1.29 is 14.3 Å². The van der Waals surface area contributed by atoms with Gasteiger partial charge in [0.05, 0.1) is 12.5 Å². The second-order valence-electron chi connectivity index (χ2n) is 4.70. The molecule has 16 heavy (non-hydrogen) atoms. The smallest absolute Gasteiger partial charge is 0.240 e. The standard InChI is InChI=1S/C11H18N2O3/c12-10(14)9(5-7-1-2-7)13-11(15)8-3-4-16-6-8/h7-9H,1-6H2,(H2,12,14)(H,13,15)/t8-,9-/m1/s1. The van der Waals surface area contributed by atoms with Crippen LogP contribution in [0.4, 0.5) is 0 Å². The molecule has 5 heteroatoms. The largest absolute Gasteiger partial charge is 0.381 e. The number of hydrogen-bond acceptors (Lipinski definition) is 3. The summed E-state index contributed by atoms with van der Waals surface area (Å²) >= 11 is 0. The van der Waals surface area contributed by atoms with Crippen molar-refractivity contribution in [2.24, 2.45) is 17.6 Å². The molecule has 0 aromatic rings. The Bertz CT molecular complexity index is 283. The number of amides is 2. The Balaban J connectivity index is 1.83. The monoisotopic (exact) mass is 226 g/mol. The van der Waals surface area contributed by atoms with Crippen molar-refractivity contribution in [1.29, 1.82) is 0 Å². The number of carbonyl (C=O) groups excluding carboxylic acids is 2. The molecule has 2 amide bonds. The van der Waals surface area contributed by atoms with E-state index in [9.17, 15) is 9.59 Å². The van der Waals surface area contributed by atoms with Gasteiger partial charge in [-0.25, -0.2) is 0 Å². The molecule has 2 atom stereocenters. The van der Waals surface area contributed by atoms with E-state index in [4.69, 9.17) is 10.5 Å². The van der Waals surface area contributed by atoms with E-state index < -0.39 is 11.9 Å². The van der Waals surface area contributed by atoms with E-state index in [0.29, 0.717) is 25.6 Å². The Labute approximate surface area is 94.7 Å². The van der Waals surface area contributed by atoms with Crippen LogP contribution >= 0.6 is 0 Å². The van der Waals surface area contributed by atoms with Crippen LogP contribution in [-0.4, -0.2) is 31.1 Å². The maximum Gasteiger partial charge on any atom is 0.240 e. The van der Waals surface area contributed by atoms with Gasteiger partial charge in [0.25, 0.3) is 0 Å². The van der Waals surface area contributed by atoms with Crippen LogP contribution in [0, 0.1) is 11.8 Å². The Kier molecular flexibility index (Phi) is 3.43. The molecule has 1 aliphatic heterocycles. The highest BCUT2D eigenvalue weighted by Gasteiger charge is 2.31. The molecular formula is C11H18N2O3. The molecule has 0 unspecified atom stereocenters. The molecule has 0 spiro atoms. The summed E-state index contributed by atoms with van der Waals surface area (Å²) in [6.45, 7) is 1.09. The zero-order valence-corrected chi connectivity index (χ0v) is 9.28. The average molecular weight is 226 g/mol. The van der Waals surface area contributed by atoms with Gasteiger partial charge in [-0.3, -0.25) is 9.59 Å². The molecule has 1 aliphatic carbocycles. The summed E-state index contributed by atoms with van der Waals surface area (Å²) in [5.41, 5.74) is 5.27. The molecule has 90 valence electrons. The SMILES string of the molecule is NC(=O)[C@@H](CC1CC1)NC(=O)[C@@H]1CCOC1. The number of ether oxygens (including phenoxy) is 1. The molecule has 3 N–H and O–H groups in total. The average Bonchev–Trinajstić information content (AvgIpc) is 2.89.